The maximum atomic E-state index is 12.6. The number of quaternary nitrogens is 1. The summed E-state index contributed by atoms with van der Waals surface area (Å²) in [6, 6.07) is 6.13. The van der Waals surface area contributed by atoms with Crippen LogP contribution in [0.15, 0.2) is 29.2 Å². The van der Waals surface area contributed by atoms with E-state index < -0.39 is 22.0 Å². The molecule has 8 nitrogen and oxygen atoms in total. The summed E-state index contributed by atoms with van der Waals surface area (Å²) in [4.78, 5) is 23.7. The maximum absolute atomic E-state index is 12.6. The number of sulfonamides is 1. The fraction of sp³-hybridized carbons (Fsp3) is 0.429. The number of rotatable bonds is 4. The maximum Gasteiger partial charge on any atom is 0.413 e. The van der Waals surface area contributed by atoms with E-state index in [4.69, 9.17) is 11.6 Å². The summed E-state index contributed by atoms with van der Waals surface area (Å²) in [6.45, 7) is 1.59. The van der Waals surface area contributed by atoms with Gasteiger partial charge < -0.3 is 9.64 Å². The first kappa shape index (κ1) is 18.7. The van der Waals surface area contributed by atoms with E-state index in [1.807, 2.05) is 0 Å². The third-order valence-corrected chi connectivity index (χ3v) is 5.83. The monoisotopic (exact) mass is 376 g/mol. The minimum absolute atomic E-state index is 0.0835. The van der Waals surface area contributed by atoms with Crippen LogP contribution in [0.2, 0.25) is 5.02 Å². The Bertz CT molecular complexity index is 717. The number of imide groups is 1. The molecular weight excluding hydrogens is 358 g/mol. The van der Waals surface area contributed by atoms with Gasteiger partial charge >= 0.3 is 6.09 Å². The van der Waals surface area contributed by atoms with E-state index in [0.717, 1.165) is 4.90 Å². The number of methoxy groups -OCH3 is 1. The number of hydrogen-bond acceptors (Lipinski definition) is 5. The number of alkyl carbamates (subject to hydrolysis) is 1. The van der Waals surface area contributed by atoms with E-state index in [0.29, 0.717) is 18.1 Å². The van der Waals surface area contributed by atoms with E-state index in [2.05, 4.69) is 10.1 Å². The number of hydrogen-bond donors (Lipinski definition) is 2. The summed E-state index contributed by atoms with van der Waals surface area (Å²) >= 11 is 5.85. The largest absolute Gasteiger partial charge is 0.453 e. The lowest BCUT2D eigenvalue weighted by Crippen LogP contribution is -3.15. The minimum atomic E-state index is -3.60. The molecule has 0 unspecified atom stereocenters. The van der Waals surface area contributed by atoms with Crippen molar-refractivity contribution in [3.63, 3.8) is 0 Å². The predicted octanol–water partition coefficient (Wildman–Crippen LogP) is -0.888. The van der Waals surface area contributed by atoms with Crippen LogP contribution in [0.3, 0.4) is 0 Å². The highest BCUT2D eigenvalue weighted by Crippen LogP contribution is 2.19. The molecule has 0 saturated carbocycles. The minimum Gasteiger partial charge on any atom is -0.453 e. The van der Waals surface area contributed by atoms with Gasteiger partial charge in [-0.3, -0.25) is 10.1 Å². The molecule has 1 aliphatic rings. The number of halogens is 1. The second kappa shape index (κ2) is 7.93. The lowest BCUT2D eigenvalue weighted by Gasteiger charge is -2.31. The normalized spacial score (nSPS) is 16.6. The van der Waals surface area contributed by atoms with Gasteiger partial charge in [-0.2, -0.15) is 4.31 Å². The molecule has 0 radical (unpaired) electrons. The van der Waals surface area contributed by atoms with Crippen molar-refractivity contribution in [3.05, 3.63) is 29.3 Å². The Kier molecular flexibility index (Phi) is 6.16. The molecule has 24 heavy (non-hydrogen) atoms. The van der Waals surface area contributed by atoms with Gasteiger partial charge in [-0.1, -0.05) is 17.7 Å². The second-order valence-electron chi connectivity index (χ2n) is 5.33. The molecule has 2 amide bonds. The SMILES string of the molecule is COC(=O)NC(=O)C[NH+]1CCN(S(=O)(=O)c2cccc(Cl)c2)CC1. The first-order chi connectivity index (χ1) is 11.3. The van der Waals surface area contributed by atoms with E-state index in [1.54, 1.807) is 12.1 Å². The van der Waals surface area contributed by atoms with Crippen molar-refractivity contribution in [2.24, 2.45) is 0 Å². The van der Waals surface area contributed by atoms with Gasteiger partial charge in [-0.15, -0.1) is 0 Å². The van der Waals surface area contributed by atoms with E-state index in [1.165, 1.54) is 23.5 Å². The number of carbonyl (C=O) groups excluding carboxylic acids is 2. The summed E-state index contributed by atoms with van der Waals surface area (Å²) in [6.07, 6.45) is -0.804. The quantitative estimate of drug-likeness (QED) is 0.710. The molecule has 2 rings (SSSR count). The molecule has 1 aliphatic heterocycles. The van der Waals surface area contributed by atoms with Crippen LogP contribution in [0.5, 0.6) is 0 Å². The van der Waals surface area contributed by atoms with Crippen molar-refractivity contribution in [1.82, 2.24) is 9.62 Å². The van der Waals surface area contributed by atoms with Gasteiger partial charge in [0.2, 0.25) is 10.0 Å². The van der Waals surface area contributed by atoms with Crippen molar-refractivity contribution in [2.45, 2.75) is 4.90 Å². The lowest BCUT2D eigenvalue weighted by molar-refractivity contribution is -0.895. The second-order valence-corrected chi connectivity index (χ2v) is 7.70. The molecule has 0 bridgehead atoms. The molecule has 0 atom stereocenters. The number of nitrogens with zero attached hydrogens (tertiary/aromatic N) is 1. The molecule has 132 valence electrons. The van der Waals surface area contributed by atoms with Crippen LogP contribution in [-0.4, -0.2) is 64.6 Å². The highest BCUT2D eigenvalue weighted by molar-refractivity contribution is 7.89. The average molecular weight is 377 g/mol. The number of carbonyl (C=O) groups is 2. The third kappa shape index (κ3) is 4.67. The molecule has 10 heteroatoms. The highest BCUT2D eigenvalue weighted by atomic mass is 35.5. The van der Waals surface area contributed by atoms with Crippen LogP contribution in [0.25, 0.3) is 0 Å². The van der Waals surface area contributed by atoms with Crippen molar-refractivity contribution < 1.29 is 27.6 Å². The zero-order valence-electron chi connectivity index (χ0n) is 13.1. The lowest BCUT2D eigenvalue weighted by atomic mass is 10.3. The Hall–Kier alpha value is -1.68. The smallest absolute Gasteiger partial charge is 0.413 e. The van der Waals surface area contributed by atoms with E-state index in [-0.39, 0.29) is 24.5 Å². The van der Waals surface area contributed by atoms with Crippen LogP contribution in [0.1, 0.15) is 0 Å². The number of piperazine rings is 1. The number of nitrogens with one attached hydrogen (secondary N) is 2. The van der Waals surface area contributed by atoms with Crippen LogP contribution < -0.4 is 10.2 Å². The molecule has 0 spiro atoms. The Morgan fingerprint density at radius 2 is 2.00 bits per heavy atom. The summed E-state index contributed by atoms with van der Waals surface area (Å²) in [7, 11) is -2.42. The Labute approximate surface area is 145 Å². The zero-order chi connectivity index (χ0) is 17.7. The first-order valence-corrected chi connectivity index (χ1v) is 9.12. The average Bonchev–Trinajstić information content (AvgIpc) is 2.55. The van der Waals surface area contributed by atoms with Crippen molar-refractivity contribution >= 4 is 33.6 Å². The van der Waals surface area contributed by atoms with Crippen LogP contribution in [0.4, 0.5) is 4.79 Å². The van der Waals surface area contributed by atoms with Crippen molar-refractivity contribution in [2.75, 3.05) is 39.8 Å². The van der Waals surface area contributed by atoms with Gasteiger partial charge in [-0.25, -0.2) is 13.2 Å². The molecule has 1 fully saturated rings. The van der Waals surface area contributed by atoms with Gasteiger partial charge in [0, 0.05) is 5.02 Å². The molecule has 1 aromatic rings. The van der Waals surface area contributed by atoms with Crippen molar-refractivity contribution in [1.29, 1.82) is 0 Å². The molecule has 0 aliphatic carbocycles. The summed E-state index contributed by atoms with van der Waals surface area (Å²) in [5.41, 5.74) is 0. The summed E-state index contributed by atoms with van der Waals surface area (Å²) in [5.74, 6) is -0.456. The molecule has 2 N–H and O–H groups in total. The number of ether oxygens (including phenoxy) is 1. The van der Waals surface area contributed by atoms with Gasteiger partial charge in [0.05, 0.1) is 38.2 Å². The Morgan fingerprint density at radius 1 is 1.33 bits per heavy atom. The number of amides is 2. The first-order valence-electron chi connectivity index (χ1n) is 7.30. The van der Waals surface area contributed by atoms with Gasteiger partial charge in [-0.05, 0) is 18.2 Å². The van der Waals surface area contributed by atoms with Gasteiger partial charge in [0.25, 0.3) is 5.91 Å². The predicted molar refractivity (Wildman–Crippen MR) is 86.3 cm³/mol. The Balaban J connectivity index is 1.92. The fourth-order valence-electron chi connectivity index (χ4n) is 2.43. The Morgan fingerprint density at radius 3 is 2.58 bits per heavy atom. The van der Waals surface area contributed by atoms with Crippen LogP contribution >= 0.6 is 11.6 Å². The fourth-order valence-corrected chi connectivity index (χ4v) is 4.18. The third-order valence-electron chi connectivity index (χ3n) is 3.70. The standard InChI is InChI=1S/C14H18ClN3O5S/c1-23-14(20)16-13(19)10-17-5-7-18(8-6-17)24(21,22)12-4-2-3-11(15)9-12/h2-4,9H,5-8,10H2,1H3,(H,16,19,20)/p+1. The van der Waals surface area contributed by atoms with Gasteiger partial charge in [0.15, 0.2) is 6.54 Å². The van der Waals surface area contributed by atoms with E-state index in [9.17, 15) is 18.0 Å². The molecule has 0 aromatic heterocycles. The summed E-state index contributed by atoms with van der Waals surface area (Å²) in [5, 5.41) is 2.44. The summed E-state index contributed by atoms with van der Waals surface area (Å²) < 4.78 is 30.9. The van der Waals surface area contributed by atoms with Crippen molar-refractivity contribution in [3.8, 4) is 0 Å². The van der Waals surface area contributed by atoms with Gasteiger partial charge in [0.1, 0.15) is 0 Å². The topological polar surface area (TPSA) is 97.2 Å². The van der Waals surface area contributed by atoms with Crippen LogP contribution in [0, 0.1) is 0 Å². The molecular formula is C14H19ClN3O5S+. The van der Waals surface area contributed by atoms with Crippen LogP contribution in [-0.2, 0) is 19.6 Å². The number of benzene rings is 1. The molecule has 1 aromatic carbocycles. The molecule has 1 saturated heterocycles. The van der Waals surface area contributed by atoms with E-state index >= 15 is 0 Å². The highest BCUT2D eigenvalue weighted by Gasteiger charge is 2.31. The molecule has 1 heterocycles. The zero-order valence-corrected chi connectivity index (χ0v) is 14.7.